The molecule has 2 aromatic rings. The molecule has 0 spiro atoms. The van der Waals surface area contributed by atoms with Gasteiger partial charge in [0.15, 0.2) is 0 Å². The standard InChI is InChI=1S/C12H11Cl2IN4O/c1-2-5-20-12-18-10(14)17-11(19-12)16-9-4-3-7(15)6-8(9)13/h3-4,6H,2,5H2,1H3,(H,16,17,18,19). The molecule has 0 atom stereocenters. The molecule has 0 radical (unpaired) electrons. The fourth-order valence-corrected chi connectivity index (χ4v) is 2.41. The normalized spacial score (nSPS) is 10.4. The van der Waals surface area contributed by atoms with E-state index in [0.29, 0.717) is 23.3 Å². The molecule has 20 heavy (non-hydrogen) atoms. The molecule has 1 heterocycles. The molecular formula is C12H11Cl2IN4O. The highest BCUT2D eigenvalue weighted by Gasteiger charge is 2.08. The summed E-state index contributed by atoms with van der Waals surface area (Å²) in [6.07, 6.45) is 0.856. The second-order valence-electron chi connectivity index (χ2n) is 3.81. The third kappa shape index (κ3) is 4.32. The number of rotatable bonds is 5. The highest BCUT2D eigenvalue weighted by Crippen LogP contribution is 2.26. The molecule has 8 heteroatoms. The zero-order chi connectivity index (χ0) is 14.5. The third-order valence-electron chi connectivity index (χ3n) is 2.20. The fraction of sp³-hybridized carbons (Fsp3) is 0.250. The first-order valence-electron chi connectivity index (χ1n) is 5.85. The minimum Gasteiger partial charge on any atom is -0.463 e. The first-order chi connectivity index (χ1) is 9.58. The van der Waals surface area contributed by atoms with E-state index in [-0.39, 0.29) is 11.3 Å². The van der Waals surface area contributed by atoms with Gasteiger partial charge >= 0.3 is 6.01 Å². The minimum atomic E-state index is 0.0650. The van der Waals surface area contributed by atoms with Crippen LogP contribution in [0.25, 0.3) is 0 Å². The lowest BCUT2D eigenvalue weighted by molar-refractivity contribution is 0.292. The van der Waals surface area contributed by atoms with Crippen LogP contribution in [0.4, 0.5) is 11.6 Å². The maximum absolute atomic E-state index is 6.14. The van der Waals surface area contributed by atoms with Crippen molar-refractivity contribution in [2.75, 3.05) is 11.9 Å². The second kappa shape index (κ2) is 7.24. The molecule has 106 valence electrons. The summed E-state index contributed by atoms with van der Waals surface area (Å²) in [5, 5.41) is 3.63. The molecule has 0 saturated carbocycles. The van der Waals surface area contributed by atoms with Crippen LogP contribution in [0, 0.1) is 3.57 Å². The lowest BCUT2D eigenvalue weighted by atomic mass is 10.3. The van der Waals surface area contributed by atoms with Gasteiger partial charge in [0, 0.05) is 3.57 Å². The van der Waals surface area contributed by atoms with Crippen LogP contribution in [-0.4, -0.2) is 21.6 Å². The highest BCUT2D eigenvalue weighted by atomic mass is 127. The number of halogens is 3. The number of nitrogens with zero attached hydrogens (tertiary/aromatic N) is 3. The average molecular weight is 425 g/mol. The van der Waals surface area contributed by atoms with Crippen LogP contribution in [-0.2, 0) is 0 Å². The summed E-state index contributed by atoms with van der Waals surface area (Å²) >= 11 is 14.2. The lowest BCUT2D eigenvalue weighted by Gasteiger charge is -2.09. The summed E-state index contributed by atoms with van der Waals surface area (Å²) in [6.45, 7) is 2.51. The van der Waals surface area contributed by atoms with Crippen molar-refractivity contribution in [2.24, 2.45) is 0 Å². The van der Waals surface area contributed by atoms with E-state index in [1.54, 1.807) is 0 Å². The molecule has 0 aliphatic rings. The molecule has 2 rings (SSSR count). The van der Waals surface area contributed by atoms with Crippen LogP contribution in [0.2, 0.25) is 10.3 Å². The number of benzene rings is 1. The molecular weight excluding hydrogens is 414 g/mol. The van der Waals surface area contributed by atoms with Crippen molar-refractivity contribution in [3.63, 3.8) is 0 Å². The Morgan fingerprint density at radius 1 is 1.25 bits per heavy atom. The topological polar surface area (TPSA) is 59.9 Å². The van der Waals surface area contributed by atoms with Crippen LogP contribution < -0.4 is 10.1 Å². The molecule has 0 aliphatic carbocycles. The van der Waals surface area contributed by atoms with Crippen molar-refractivity contribution < 1.29 is 4.74 Å². The van der Waals surface area contributed by atoms with E-state index in [9.17, 15) is 0 Å². The summed E-state index contributed by atoms with van der Waals surface area (Å²) in [4.78, 5) is 12.0. The van der Waals surface area contributed by atoms with Crippen LogP contribution in [0.3, 0.4) is 0 Å². The maximum Gasteiger partial charge on any atom is 0.322 e. The SMILES string of the molecule is CCCOc1nc(Cl)nc(Nc2ccc(I)cc2Cl)n1. The molecule has 0 fully saturated rings. The molecule has 0 unspecified atom stereocenters. The van der Waals surface area contributed by atoms with Gasteiger partial charge in [-0.2, -0.15) is 15.0 Å². The van der Waals surface area contributed by atoms with Crippen LogP contribution in [0.15, 0.2) is 18.2 Å². The van der Waals surface area contributed by atoms with E-state index in [4.69, 9.17) is 27.9 Å². The van der Waals surface area contributed by atoms with Gasteiger partial charge in [0.2, 0.25) is 11.2 Å². The zero-order valence-corrected chi connectivity index (χ0v) is 14.2. The highest BCUT2D eigenvalue weighted by molar-refractivity contribution is 14.1. The Hall–Kier alpha value is -0.860. The number of hydrogen-bond donors (Lipinski definition) is 1. The first-order valence-corrected chi connectivity index (χ1v) is 7.68. The van der Waals surface area contributed by atoms with Crippen LogP contribution >= 0.6 is 45.8 Å². The minimum absolute atomic E-state index is 0.0650. The van der Waals surface area contributed by atoms with E-state index in [1.807, 2.05) is 25.1 Å². The van der Waals surface area contributed by atoms with Gasteiger partial charge < -0.3 is 10.1 Å². The Bertz CT molecular complexity index is 612. The van der Waals surface area contributed by atoms with Gasteiger partial charge in [0.25, 0.3) is 0 Å². The first kappa shape index (κ1) is 15.5. The van der Waals surface area contributed by atoms with E-state index in [1.165, 1.54) is 0 Å². The molecule has 0 bridgehead atoms. The molecule has 0 saturated heterocycles. The summed E-state index contributed by atoms with van der Waals surface area (Å²) in [6, 6.07) is 5.79. The quantitative estimate of drug-likeness (QED) is 0.724. The predicted octanol–water partition coefficient (Wildman–Crippen LogP) is 4.32. The van der Waals surface area contributed by atoms with Gasteiger partial charge in [0.1, 0.15) is 0 Å². The lowest BCUT2D eigenvalue weighted by Crippen LogP contribution is -2.05. The molecule has 1 aromatic carbocycles. The van der Waals surface area contributed by atoms with Crippen LogP contribution in [0.1, 0.15) is 13.3 Å². The monoisotopic (exact) mass is 424 g/mol. The molecule has 1 N–H and O–H groups in total. The molecule has 5 nitrogen and oxygen atoms in total. The summed E-state index contributed by atoms with van der Waals surface area (Å²) in [7, 11) is 0. The largest absolute Gasteiger partial charge is 0.463 e. The Labute approximate surface area is 140 Å². The summed E-state index contributed by atoms with van der Waals surface area (Å²) in [5.41, 5.74) is 0.691. The van der Waals surface area contributed by atoms with Gasteiger partial charge in [-0.15, -0.1) is 0 Å². The number of ether oxygens (including phenoxy) is 1. The van der Waals surface area contributed by atoms with Crippen molar-refractivity contribution >= 4 is 57.4 Å². The number of anilines is 2. The van der Waals surface area contributed by atoms with Crippen molar-refractivity contribution in [3.05, 3.63) is 32.1 Å². The zero-order valence-electron chi connectivity index (χ0n) is 10.5. The summed E-state index contributed by atoms with van der Waals surface area (Å²) < 4.78 is 6.38. The van der Waals surface area contributed by atoms with Gasteiger partial charge in [-0.25, -0.2) is 0 Å². The fourth-order valence-electron chi connectivity index (χ4n) is 1.36. The number of aromatic nitrogens is 3. The Morgan fingerprint density at radius 2 is 2.05 bits per heavy atom. The molecule has 0 aliphatic heterocycles. The maximum atomic E-state index is 6.14. The molecule has 0 amide bonds. The Kier molecular flexibility index (Phi) is 5.62. The van der Waals surface area contributed by atoms with Gasteiger partial charge in [-0.3, -0.25) is 0 Å². The molecule has 1 aromatic heterocycles. The number of hydrogen-bond acceptors (Lipinski definition) is 5. The smallest absolute Gasteiger partial charge is 0.322 e. The predicted molar refractivity (Wildman–Crippen MR) is 88.1 cm³/mol. The number of nitrogens with one attached hydrogen (secondary N) is 1. The van der Waals surface area contributed by atoms with Gasteiger partial charge in [-0.1, -0.05) is 18.5 Å². The van der Waals surface area contributed by atoms with Crippen LogP contribution in [0.5, 0.6) is 6.01 Å². The van der Waals surface area contributed by atoms with E-state index < -0.39 is 0 Å². The Morgan fingerprint density at radius 3 is 2.75 bits per heavy atom. The summed E-state index contributed by atoms with van der Waals surface area (Å²) in [5.74, 6) is 0.291. The van der Waals surface area contributed by atoms with Crippen molar-refractivity contribution in [3.8, 4) is 6.01 Å². The third-order valence-corrected chi connectivity index (χ3v) is 3.35. The van der Waals surface area contributed by atoms with E-state index in [0.717, 1.165) is 9.99 Å². The van der Waals surface area contributed by atoms with E-state index >= 15 is 0 Å². The van der Waals surface area contributed by atoms with Gasteiger partial charge in [-0.05, 0) is 58.8 Å². The second-order valence-corrected chi connectivity index (χ2v) is 5.80. The van der Waals surface area contributed by atoms with Crippen molar-refractivity contribution in [2.45, 2.75) is 13.3 Å². The van der Waals surface area contributed by atoms with Crippen molar-refractivity contribution in [1.82, 2.24) is 15.0 Å². The average Bonchev–Trinajstić information content (AvgIpc) is 2.39. The van der Waals surface area contributed by atoms with E-state index in [2.05, 4.69) is 42.9 Å². The van der Waals surface area contributed by atoms with Gasteiger partial charge in [0.05, 0.1) is 17.3 Å². The Balaban J connectivity index is 2.21. The van der Waals surface area contributed by atoms with Crippen molar-refractivity contribution in [1.29, 1.82) is 0 Å².